The van der Waals surface area contributed by atoms with Gasteiger partial charge < -0.3 is 10.1 Å². The van der Waals surface area contributed by atoms with Crippen LogP contribution in [0.5, 0.6) is 0 Å². The van der Waals surface area contributed by atoms with Crippen molar-refractivity contribution in [1.29, 1.82) is 0 Å². The van der Waals surface area contributed by atoms with Gasteiger partial charge in [0.15, 0.2) is 0 Å². The SMILES string of the molecule is CNCC(C)C(=O)OC(C)(C)C. The lowest BCUT2D eigenvalue weighted by Crippen LogP contribution is -2.31. The number of esters is 1. The van der Waals surface area contributed by atoms with Gasteiger partial charge in [-0.25, -0.2) is 0 Å². The predicted molar refractivity (Wildman–Crippen MR) is 48.9 cm³/mol. The second-order valence-corrected chi connectivity index (χ2v) is 3.99. The van der Waals surface area contributed by atoms with E-state index in [1.807, 2.05) is 34.7 Å². The Hall–Kier alpha value is -0.570. The molecule has 72 valence electrons. The van der Waals surface area contributed by atoms with Gasteiger partial charge in [0.2, 0.25) is 0 Å². The van der Waals surface area contributed by atoms with Gasteiger partial charge in [0.25, 0.3) is 0 Å². The largest absolute Gasteiger partial charge is 0.460 e. The zero-order chi connectivity index (χ0) is 9.78. The molecule has 0 bridgehead atoms. The van der Waals surface area contributed by atoms with Gasteiger partial charge in [-0.3, -0.25) is 4.79 Å². The molecule has 0 spiro atoms. The van der Waals surface area contributed by atoms with E-state index in [1.165, 1.54) is 0 Å². The standard InChI is InChI=1S/C9H19NO2/c1-7(6-10-5)8(11)12-9(2,3)4/h7,10H,6H2,1-5H3. The molecule has 0 saturated carbocycles. The Morgan fingerprint density at radius 1 is 1.50 bits per heavy atom. The number of hydrogen-bond acceptors (Lipinski definition) is 3. The van der Waals surface area contributed by atoms with Gasteiger partial charge in [0, 0.05) is 6.54 Å². The van der Waals surface area contributed by atoms with E-state index in [-0.39, 0.29) is 17.5 Å². The molecule has 1 N–H and O–H groups in total. The van der Waals surface area contributed by atoms with Crippen molar-refractivity contribution in [3.05, 3.63) is 0 Å². The van der Waals surface area contributed by atoms with Crippen molar-refractivity contribution in [2.24, 2.45) is 5.92 Å². The molecular weight excluding hydrogens is 154 g/mol. The Balaban J connectivity index is 3.87. The van der Waals surface area contributed by atoms with E-state index in [0.717, 1.165) is 0 Å². The quantitative estimate of drug-likeness (QED) is 0.651. The smallest absolute Gasteiger partial charge is 0.310 e. The topological polar surface area (TPSA) is 38.3 Å². The van der Waals surface area contributed by atoms with Gasteiger partial charge in [-0.05, 0) is 27.8 Å². The second kappa shape index (κ2) is 4.45. The Bertz CT molecular complexity index is 149. The van der Waals surface area contributed by atoms with Gasteiger partial charge in [0.05, 0.1) is 5.92 Å². The van der Waals surface area contributed by atoms with Crippen LogP contribution in [-0.2, 0) is 9.53 Å². The summed E-state index contributed by atoms with van der Waals surface area (Å²) in [6.45, 7) is 8.13. The van der Waals surface area contributed by atoms with Crippen LogP contribution >= 0.6 is 0 Å². The molecule has 0 aromatic rings. The fraction of sp³-hybridized carbons (Fsp3) is 0.889. The van der Waals surface area contributed by atoms with E-state index in [2.05, 4.69) is 5.32 Å². The summed E-state index contributed by atoms with van der Waals surface area (Å²) in [5.74, 6) is -0.217. The lowest BCUT2D eigenvalue weighted by molar-refractivity contribution is -0.159. The average molecular weight is 173 g/mol. The highest BCUT2D eigenvalue weighted by atomic mass is 16.6. The highest BCUT2D eigenvalue weighted by Crippen LogP contribution is 2.10. The van der Waals surface area contributed by atoms with Crippen LogP contribution in [0.1, 0.15) is 27.7 Å². The van der Waals surface area contributed by atoms with Crippen molar-refractivity contribution in [1.82, 2.24) is 5.32 Å². The van der Waals surface area contributed by atoms with Crippen LogP contribution in [0.2, 0.25) is 0 Å². The molecule has 0 radical (unpaired) electrons. The molecule has 0 aliphatic carbocycles. The monoisotopic (exact) mass is 173 g/mol. The number of carbonyl (C=O) groups is 1. The van der Waals surface area contributed by atoms with E-state index < -0.39 is 0 Å². The Labute approximate surface area is 74.5 Å². The van der Waals surface area contributed by atoms with Gasteiger partial charge in [-0.2, -0.15) is 0 Å². The van der Waals surface area contributed by atoms with Gasteiger partial charge >= 0.3 is 5.97 Å². The molecule has 0 amide bonds. The second-order valence-electron chi connectivity index (χ2n) is 3.99. The lowest BCUT2D eigenvalue weighted by Gasteiger charge is -2.22. The zero-order valence-electron chi connectivity index (χ0n) is 8.60. The predicted octanol–water partition coefficient (Wildman–Crippen LogP) is 1.18. The lowest BCUT2D eigenvalue weighted by atomic mass is 10.1. The molecule has 12 heavy (non-hydrogen) atoms. The normalized spacial score (nSPS) is 14.1. The minimum atomic E-state index is -0.376. The molecule has 1 atom stereocenters. The maximum absolute atomic E-state index is 11.3. The van der Waals surface area contributed by atoms with E-state index in [0.29, 0.717) is 6.54 Å². The summed E-state index contributed by atoms with van der Waals surface area (Å²) in [6.07, 6.45) is 0. The molecule has 1 unspecified atom stereocenters. The molecule has 0 fully saturated rings. The molecule has 0 aliphatic heterocycles. The van der Waals surface area contributed by atoms with E-state index in [9.17, 15) is 4.79 Å². The highest BCUT2D eigenvalue weighted by Gasteiger charge is 2.20. The van der Waals surface area contributed by atoms with Crippen molar-refractivity contribution >= 4 is 5.97 Å². The van der Waals surface area contributed by atoms with E-state index in [4.69, 9.17) is 4.74 Å². The Kier molecular flexibility index (Phi) is 4.24. The summed E-state index contributed by atoms with van der Waals surface area (Å²) in [7, 11) is 1.82. The minimum Gasteiger partial charge on any atom is -0.460 e. The Morgan fingerprint density at radius 2 is 2.00 bits per heavy atom. The summed E-state index contributed by atoms with van der Waals surface area (Å²) in [5, 5.41) is 2.93. The van der Waals surface area contributed by atoms with Crippen LogP contribution in [0.4, 0.5) is 0 Å². The fourth-order valence-electron chi connectivity index (χ4n) is 0.792. The Morgan fingerprint density at radius 3 is 2.33 bits per heavy atom. The van der Waals surface area contributed by atoms with E-state index in [1.54, 1.807) is 0 Å². The van der Waals surface area contributed by atoms with Crippen molar-refractivity contribution in [2.45, 2.75) is 33.3 Å². The first-order valence-corrected chi connectivity index (χ1v) is 4.24. The number of carbonyl (C=O) groups excluding carboxylic acids is 1. The summed E-state index contributed by atoms with van der Waals surface area (Å²) >= 11 is 0. The van der Waals surface area contributed by atoms with Gasteiger partial charge in [-0.15, -0.1) is 0 Å². The maximum Gasteiger partial charge on any atom is 0.310 e. The number of ether oxygens (including phenoxy) is 1. The summed E-state index contributed by atoms with van der Waals surface area (Å²) in [4.78, 5) is 11.3. The molecule has 0 heterocycles. The maximum atomic E-state index is 11.3. The molecule has 0 aromatic heterocycles. The summed E-state index contributed by atoms with van der Waals surface area (Å²) in [5.41, 5.74) is -0.376. The molecule has 0 saturated heterocycles. The third-order valence-corrected chi connectivity index (χ3v) is 1.32. The number of hydrogen-bond donors (Lipinski definition) is 1. The van der Waals surface area contributed by atoms with Crippen LogP contribution in [0.3, 0.4) is 0 Å². The fourth-order valence-corrected chi connectivity index (χ4v) is 0.792. The number of nitrogens with one attached hydrogen (secondary N) is 1. The minimum absolute atomic E-state index is 0.0748. The third-order valence-electron chi connectivity index (χ3n) is 1.32. The first-order valence-electron chi connectivity index (χ1n) is 4.24. The van der Waals surface area contributed by atoms with Crippen LogP contribution < -0.4 is 5.32 Å². The van der Waals surface area contributed by atoms with Crippen molar-refractivity contribution in [3.63, 3.8) is 0 Å². The van der Waals surface area contributed by atoms with Crippen molar-refractivity contribution < 1.29 is 9.53 Å². The summed E-state index contributed by atoms with van der Waals surface area (Å²) < 4.78 is 5.17. The average Bonchev–Trinajstić information content (AvgIpc) is 1.84. The molecule has 0 aromatic carbocycles. The number of rotatable bonds is 3. The third kappa shape index (κ3) is 5.13. The van der Waals surface area contributed by atoms with Crippen molar-refractivity contribution in [2.75, 3.05) is 13.6 Å². The molecule has 3 heteroatoms. The molecule has 0 rings (SSSR count). The van der Waals surface area contributed by atoms with Crippen LogP contribution in [0.15, 0.2) is 0 Å². The summed E-state index contributed by atoms with van der Waals surface area (Å²) in [6, 6.07) is 0. The van der Waals surface area contributed by atoms with Crippen LogP contribution in [0.25, 0.3) is 0 Å². The van der Waals surface area contributed by atoms with Gasteiger partial charge in [0.1, 0.15) is 5.60 Å². The highest BCUT2D eigenvalue weighted by molar-refractivity contribution is 5.72. The molecular formula is C9H19NO2. The van der Waals surface area contributed by atoms with Crippen LogP contribution in [-0.4, -0.2) is 25.2 Å². The first kappa shape index (κ1) is 11.4. The molecule has 0 aliphatic rings. The van der Waals surface area contributed by atoms with Gasteiger partial charge in [-0.1, -0.05) is 6.92 Å². The van der Waals surface area contributed by atoms with Crippen LogP contribution in [0, 0.1) is 5.92 Å². The van der Waals surface area contributed by atoms with E-state index >= 15 is 0 Å². The van der Waals surface area contributed by atoms with Crippen molar-refractivity contribution in [3.8, 4) is 0 Å². The molecule has 3 nitrogen and oxygen atoms in total. The zero-order valence-corrected chi connectivity index (χ0v) is 8.60. The first-order chi connectivity index (χ1) is 5.37.